The van der Waals surface area contributed by atoms with Crippen LogP contribution in [-0.4, -0.2) is 10.1 Å². The highest BCUT2D eigenvalue weighted by Gasteiger charge is 2.30. The standard InChI is InChI=1S/C10H11N3OS/c11-8(7-2-1-5-15-7)10-12-9(13-14-10)6-3-4-6/h1-2,5-6,8H,3-4,11H2. The van der Waals surface area contributed by atoms with E-state index in [1.165, 1.54) is 12.8 Å². The molecule has 1 fully saturated rings. The van der Waals surface area contributed by atoms with Crippen molar-refractivity contribution in [1.82, 2.24) is 10.1 Å². The van der Waals surface area contributed by atoms with Crippen LogP contribution in [0.25, 0.3) is 0 Å². The molecule has 1 atom stereocenters. The van der Waals surface area contributed by atoms with Gasteiger partial charge in [0.1, 0.15) is 6.04 Å². The largest absolute Gasteiger partial charge is 0.337 e. The van der Waals surface area contributed by atoms with E-state index in [-0.39, 0.29) is 6.04 Å². The molecule has 0 amide bonds. The van der Waals surface area contributed by atoms with Crippen molar-refractivity contribution < 1.29 is 4.52 Å². The molecule has 15 heavy (non-hydrogen) atoms. The van der Waals surface area contributed by atoms with Crippen molar-refractivity contribution in [2.45, 2.75) is 24.8 Å². The van der Waals surface area contributed by atoms with Crippen LogP contribution >= 0.6 is 11.3 Å². The molecule has 2 heterocycles. The van der Waals surface area contributed by atoms with Crippen molar-refractivity contribution in [2.75, 3.05) is 0 Å². The Morgan fingerprint density at radius 3 is 3.07 bits per heavy atom. The molecule has 0 saturated heterocycles. The summed E-state index contributed by atoms with van der Waals surface area (Å²) >= 11 is 1.61. The summed E-state index contributed by atoms with van der Waals surface area (Å²) in [5.74, 6) is 1.86. The number of hydrogen-bond donors (Lipinski definition) is 1. The summed E-state index contributed by atoms with van der Waals surface area (Å²) in [4.78, 5) is 5.39. The zero-order valence-corrected chi connectivity index (χ0v) is 8.91. The minimum absolute atomic E-state index is 0.273. The first-order valence-electron chi connectivity index (χ1n) is 4.97. The molecule has 5 heteroatoms. The van der Waals surface area contributed by atoms with Gasteiger partial charge in [0, 0.05) is 10.8 Å². The first-order valence-corrected chi connectivity index (χ1v) is 5.85. The monoisotopic (exact) mass is 221 g/mol. The molecule has 0 bridgehead atoms. The molecule has 2 N–H and O–H groups in total. The van der Waals surface area contributed by atoms with E-state index in [0.717, 1.165) is 10.7 Å². The molecule has 4 nitrogen and oxygen atoms in total. The van der Waals surface area contributed by atoms with Gasteiger partial charge in [-0.1, -0.05) is 11.2 Å². The molecule has 1 saturated carbocycles. The minimum Gasteiger partial charge on any atom is -0.337 e. The number of nitrogens with two attached hydrogens (primary N) is 1. The lowest BCUT2D eigenvalue weighted by Gasteiger charge is -2.01. The van der Waals surface area contributed by atoms with Crippen LogP contribution in [0.1, 0.15) is 41.4 Å². The molecular weight excluding hydrogens is 210 g/mol. The third kappa shape index (κ3) is 1.68. The summed E-state index contributed by atoms with van der Waals surface area (Å²) in [5, 5.41) is 5.94. The van der Waals surface area contributed by atoms with Crippen LogP contribution in [0.2, 0.25) is 0 Å². The molecule has 1 aliphatic rings. The van der Waals surface area contributed by atoms with Crippen LogP contribution in [0.15, 0.2) is 22.0 Å². The zero-order valence-electron chi connectivity index (χ0n) is 8.09. The van der Waals surface area contributed by atoms with Gasteiger partial charge in [-0.3, -0.25) is 0 Å². The minimum atomic E-state index is -0.273. The maximum atomic E-state index is 6.01. The molecule has 0 radical (unpaired) electrons. The summed E-state index contributed by atoms with van der Waals surface area (Å²) in [5.41, 5.74) is 6.01. The SMILES string of the molecule is NC(c1nc(C2CC2)no1)c1cccs1. The first-order chi connectivity index (χ1) is 7.34. The Labute approximate surface area is 91.1 Å². The lowest BCUT2D eigenvalue weighted by molar-refractivity contribution is 0.363. The lowest BCUT2D eigenvalue weighted by Crippen LogP contribution is -2.10. The van der Waals surface area contributed by atoms with Crippen LogP contribution in [0.4, 0.5) is 0 Å². The highest BCUT2D eigenvalue weighted by Crippen LogP contribution is 2.38. The second kappa shape index (κ2) is 3.43. The van der Waals surface area contributed by atoms with E-state index in [1.807, 2.05) is 17.5 Å². The van der Waals surface area contributed by atoms with E-state index in [0.29, 0.717) is 11.8 Å². The first kappa shape index (κ1) is 9.06. The fraction of sp³-hybridized carbons (Fsp3) is 0.400. The molecule has 0 aromatic carbocycles. The van der Waals surface area contributed by atoms with E-state index in [4.69, 9.17) is 10.3 Å². The molecule has 0 aliphatic heterocycles. The Kier molecular flexibility index (Phi) is 2.07. The highest BCUT2D eigenvalue weighted by molar-refractivity contribution is 7.10. The third-order valence-corrected chi connectivity index (χ3v) is 3.47. The maximum Gasteiger partial charge on any atom is 0.248 e. The van der Waals surface area contributed by atoms with E-state index in [2.05, 4.69) is 10.1 Å². The molecule has 78 valence electrons. The number of thiophene rings is 1. The summed E-state index contributed by atoms with van der Waals surface area (Å²) in [6.07, 6.45) is 2.35. The number of hydrogen-bond acceptors (Lipinski definition) is 5. The summed E-state index contributed by atoms with van der Waals surface area (Å²) in [6.45, 7) is 0. The van der Waals surface area contributed by atoms with E-state index in [1.54, 1.807) is 11.3 Å². The van der Waals surface area contributed by atoms with Crippen LogP contribution in [0.5, 0.6) is 0 Å². The Hall–Kier alpha value is -1.20. The molecule has 1 unspecified atom stereocenters. The Morgan fingerprint density at radius 2 is 2.40 bits per heavy atom. The maximum absolute atomic E-state index is 6.01. The average molecular weight is 221 g/mol. The van der Waals surface area contributed by atoms with Crippen LogP contribution in [0, 0.1) is 0 Å². The van der Waals surface area contributed by atoms with Crippen molar-refractivity contribution in [3.63, 3.8) is 0 Å². The second-order valence-corrected chi connectivity index (χ2v) is 4.74. The Balaban J connectivity index is 1.85. The normalized spacial score (nSPS) is 17.9. The van der Waals surface area contributed by atoms with Gasteiger partial charge in [0.25, 0.3) is 0 Å². The van der Waals surface area contributed by atoms with Crippen LogP contribution in [-0.2, 0) is 0 Å². The summed E-state index contributed by atoms with van der Waals surface area (Å²) < 4.78 is 5.17. The van der Waals surface area contributed by atoms with Crippen molar-refractivity contribution >= 4 is 11.3 Å². The van der Waals surface area contributed by atoms with E-state index < -0.39 is 0 Å². The molecular formula is C10H11N3OS. The molecule has 2 aromatic heterocycles. The predicted molar refractivity (Wildman–Crippen MR) is 56.6 cm³/mol. The lowest BCUT2D eigenvalue weighted by atomic mass is 10.2. The molecule has 2 aromatic rings. The van der Waals surface area contributed by atoms with Crippen molar-refractivity contribution in [1.29, 1.82) is 0 Å². The summed E-state index contributed by atoms with van der Waals surface area (Å²) in [6, 6.07) is 3.68. The van der Waals surface area contributed by atoms with Gasteiger partial charge in [-0.15, -0.1) is 11.3 Å². The van der Waals surface area contributed by atoms with Gasteiger partial charge in [-0.25, -0.2) is 0 Å². The molecule has 1 aliphatic carbocycles. The molecule has 0 spiro atoms. The fourth-order valence-electron chi connectivity index (χ4n) is 1.47. The van der Waals surface area contributed by atoms with Gasteiger partial charge in [0.2, 0.25) is 5.89 Å². The second-order valence-electron chi connectivity index (χ2n) is 3.76. The number of rotatable bonds is 3. The molecule has 3 rings (SSSR count). The van der Waals surface area contributed by atoms with E-state index >= 15 is 0 Å². The number of aromatic nitrogens is 2. The van der Waals surface area contributed by atoms with Gasteiger partial charge in [-0.05, 0) is 24.3 Å². The quantitative estimate of drug-likeness (QED) is 0.861. The topological polar surface area (TPSA) is 64.9 Å². The van der Waals surface area contributed by atoms with Gasteiger partial charge < -0.3 is 10.3 Å². The van der Waals surface area contributed by atoms with Gasteiger partial charge >= 0.3 is 0 Å². The third-order valence-electron chi connectivity index (χ3n) is 2.52. The number of nitrogens with zero attached hydrogens (tertiary/aromatic N) is 2. The highest BCUT2D eigenvalue weighted by atomic mass is 32.1. The van der Waals surface area contributed by atoms with Gasteiger partial charge in [0.05, 0.1) is 0 Å². The van der Waals surface area contributed by atoms with Crippen LogP contribution in [0.3, 0.4) is 0 Å². The van der Waals surface area contributed by atoms with E-state index in [9.17, 15) is 0 Å². The average Bonchev–Trinajstić information content (AvgIpc) is 2.83. The van der Waals surface area contributed by atoms with Crippen molar-refractivity contribution in [3.05, 3.63) is 34.1 Å². The predicted octanol–water partition coefficient (Wildman–Crippen LogP) is 2.06. The van der Waals surface area contributed by atoms with Gasteiger partial charge in [-0.2, -0.15) is 4.98 Å². The smallest absolute Gasteiger partial charge is 0.248 e. The Morgan fingerprint density at radius 1 is 1.53 bits per heavy atom. The van der Waals surface area contributed by atoms with Crippen molar-refractivity contribution in [3.8, 4) is 0 Å². The Bertz CT molecular complexity index is 447. The van der Waals surface area contributed by atoms with Crippen LogP contribution < -0.4 is 5.73 Å². The zero-order chi connectivity index (χ0) is 10.3. The summed E-state index contributed by atoms with van der Waals surface area (Å²) in [7, 11) is 0. The van der Waals surface area contributed by atoms with Crippen molar-refractivity contribution in [2.24, 2.45) is 5.73 Å². The van der Waals surface area contributed by atoms with Gasteiger partial charge in [0.15, 0.2) is 5.82 Å². The fourth-order valence-corrected chi connectivity index (χ4v) is 2.19.